The molecule has 0 radical (unpaired) electrons. The highest BCUT2D eigenvalue weighted by Gasteiger charge is 2.06. The summed E-state index contributed by atoms with van der Waals surface area (Å²) in [5.74, 6) is -0.448. The summed E-state index contributed by atoms with van der Waals surface area (Å²) in [6.45, 7) is 4.18. The van der Waals surface area contributed by atoms with Crippen LogP contribution in [0.4, 0.5) is 4.79 Å². The molecule has 0 aliphatic rings. The Kier molecular flexibility index (Phi) is 5.41. The molecule has 0 aliphatic heterocycles. The van der Waals surface area contributed by atoms with Gasteiger partial charge in [0.2, 0.25) is 0 Å². The number of esters is 1. The van der Waals surface area contributed by atoms with Gasteiger partial charge in [-0.3, -0.25) is 4.79 Å². The number of amides is 2. The second kappa shape index (κ2) is 6.85. The molecule has 7 heteroatoms. The average Bonchev–Trinajstić information content (AvgIpc) is 2.70. The van der Waals surface area contributed by atoms with Gasteiger partial charge in [0.15, 0.2) is 0 Å². The van der Waals surface area contributed by atoms with Crippen molar-refractivity contribution in [3.63, 3.8) is 0 Å². The average molecular weight is 257 g/mol. The molecular weight excluding hydrogens is 242 g/mol. The summed E-state index contributed by atoms with van der Waals surface area (Å²) in [6, 6.07) is -0.397. The van der Waals surface area contributed by atoms with Gasteiger partial charge in [0.1, 0.15) is 6.54 Å². The first-order chi connectivity index (χ1) is 8.13. The van der Waals surface area contributed by atoms with Crippen LogP contribution in [0.2, 0.25) is 0 Å². The molecule has 0 atom stereocenters. The molecule has 2 amide bonds. The van der Waals surface area contributed by atoms with Gasteiger partial charge in [-0.05, 0) is 13.8 Å². The molecule has 1 aromatic heterocycles. The zero-order valence-electron chi connectivity index (χ0n) is 9.78. The second-order valence-corrected chi connectivity index (χ2v) is 4.14. The maximum atomic E-state index is 11.3. The second-order valence-electron chi connectivity index (χ2n) is 3.20. The van der Waals surface area contributed by atoms with Crippen molar-refractivity contribution in [3.8, 4) is 0 Å². The van der Waals surface area contributed by atoms with E-state index in [9.17, 15) is 9.59 Å². The largest absolute Gasteiger partial charge is 0.465 e. The number of ether oxygens (including phenoxy) is 1. The lowest BCUT2D eigenvalue weighted by molar-refractivity contribution is -0.141. The first kappa shape index (κ1) is 13.4. The van der Waals surface area contributed by atoms with E-state index in [4.69, 9.17) is 0 Å². The highest BCUT2D eigenvalue weighted by Crippen LogP contribution is 2.10. The SMILES string of the molecule is CCOC(=O)CNC(=O)NCc1scnc1C. The third kappa shape index (κ3) is 4.81. The van der Waals surface area contributed by atoms with Crippen LogP contribution in [-0.2, 0) is 16.1 Å². The molecule has 1 aromatic rings. The molecule has 2 N–H and O–H groups in total. The topological polar surface area (TPSA) is 80.3 Å². The molecule has 0 fully saturated rings. The molecule has 1 heterocycles. The van der Waals surface area contributed by atoms with E-state index in [2.05, 4.69) is 20.4 Å². The molecule has 0 unspecified atom stereocenters. The minimum atomic E-state index is -0.448. The predicted octanol–water partition coefficient (Wildman–Crippen LogP) is 0.814. The molecule has 0 aliphatic carbocycles. The molecule has 0 spiro atoms. The van der Waals surface area contributed by atoms with Crippen molar-refractivity contribution in [2.24, 2.45) is 0 Å². The summed E-state index contributed by atoms with van der Waals surface area (Å²) in [5, 5.41) is 5.04. The van der Waals surface area contributed by atoms with E-state index >= 15 is 0 Å². The molecule has 0 saturated carbocycles. The number of rotatable bonds is 5. The van der Waals surface area contributed by atoms with Gasteiger partial charge in [-0.2, -0.15) is 0 Å². The van der Waals surface area contributed by atoms with Crippen LogP contribution in [-0.4, -0.2) is 30.1 Å². The Hall–Kier alpha value is -1.63. The van der Waals surface area contributed by atoms with Gasteiger partial charge in [-0.1, -0.05) is 0 Å². The summed E-state index contributed by atoms with van der Waals surface area (Å²) in [5.41, 5.74) is 2.63. The number of aryl methyl sites for hydroxylation is 1. The third-order valence-corrected chi connectivity index (χ3v) is 2.89. The van der Waals surface area contributed by atoms with Gasteiger partial charge in [0.05, 0.1) is 24.4 Å². The number of nitrogens with zero attached hydrogens (tertiary/aromatic N) is 1. The number of carbonyl (C=O) groups is 2. The van der Waals surface area contributed by atoms with Gasteiger partial charge in [0.25, 0.3) is 0 Å². The van der Waals surface area contributed by atoms with Crippen LogP contribution < -0.4 is 10.6 Å². The van der Waals surface area contributed by atoms with E-state index in [-0.39, 0.29) is 6.54 Å². The minimum absolute atomic E-state index is 0.124. The Morgan fingerprint density at radius 1 is 1.47 bits per heavy atom. The molecule has 17 heavy (non-hydrogen) atoms. The molecule has 1 rings (SSSR count). The fourth-order valence-corrected chi connectivity index (χ4v) is 1.80. The maximum Gasteiger partial charge on any atom is 0.325 e. The maximum absolute atomic E-state index is 11.3. The van der Waals surface area contributed by atoms with Crippen molar-refractivity contribution < 1.29 is 14.3 Å². The normalized spacial score (nSPS) is 9.76. The van der Waals surface area contributed by atoms with Gasteiger partial charge in [-0.15, -0.1) is 11.3 Å². The van der Waals surface area contributed by atoms with E-state index in [1.54, 1.807) is 12.4 Å². The molecule has 94 valence electrons. The van der Waals surface area contributed by atoms with E-state index in [1.165, 1.54) is 11.3 Å². The van der Waals surface area contributed by atoms with Crippen LogP contribution in [0.5, 0.6) is 0 Å². The van der Waals surface area contributed by atoms with Crippen molar-refractivity contribution in [1.29, 1.82) is 0 Å². The first-order valence-electron chi connectivity index (χ1n) is 5.19. The van der Waals surface area contributed by atoms with Gasteiger partial charge in [-0.25, -0.2) is 9.78 Å². The van der Waals surface area contributed by atoms with E-state index < -0.39 is 12.0 Å². The molecule has 0 bridgehead atoms. The smallest absolute Gasteiger partial charge is 0.325 e. The fourth-order valence-electron chi connectivity index (χ4n) is 1.08. The molecule has 0 aromatic carbocycles. The summed E-state index contributed by atoms with van der Waals surface area (Å²) in [7, 11) is 0. The van der Waals surface area contributed by atoms with Crippen molar-refractivity contribution in [2.45, 2.75) is 20.4 Å². The Morgan fingerprint density at radius 3 is 2.82 bits per heavy atom. The molecular formula is C10H15N3O3S. The lowest BCUT2D eigenvalue weighted by atomic mass is 10.4. The monoisotopic (exact) mass is 257 g/mol. The van der Waals surface area contributed by atoms with Crippen molar-refractivity contribution in [2.75, 3.05) is 13.2 Å². The highest BCUT2D eigenvalue weighted by molar-refractivity contribution is 7.09. The Bertz CT molecular complexity index is 392. The van der Waals surface area contributed by atoms with Crippen LogP contribution in [0.1, 0.15) is 17.5 Å². The summed E-state index contributed by atoms with van der Waals surface area (Å²) in [4.78, 5) is 27.3. The van der Waals surface area contributed by atoms with Crippen LogP contribution in [0.3, 0.4) is 0 Å². The molecule has 0 saturated heterocycles. The number of carbonyl (C=O) groups excluding carboxylic acids is 2. The first-order valence-corrected chi connectivity index (χ1v) is 6.07. The zero-order valence-corrected chi connectivity index (χ0v) is 10.6. The Labute approximate surface area is 103 Å². The van der Waals surface area contributed by atoms with Crippen molar-refractivity contribution >= 4 is 23.3 Å². The summed E-state index contributed by atoms with van der Waals surface area (Å²) < 4.78 is 4.67. The fraction of sp³-hybridized carbons (Fsp3) is 0.500. The standard InChI is InChI=1S/C10H15N3O3S/c1-3-16-9(14)5-12-10(15)11-4-8-7(2)13-6-17-8/h6H,3-5H2,1-2H3,(H2,11,12,15). The predicted molar refractivity (Wildman–Crippen MR) is 63.7 cm³/mol. The van der Waals surface area contributed by atoms with Crippen LogP contribution in [0.25, 0.3) is 0 Å². The van der Waals surface area contributed by atoms with Gasteiger partial charge < -0.3 is 15.4 Å². The summed E-state index contributed by atoms with van der Waals surface area (Å²) in [6.07, 6.45) is 0. The van der Waals surface area contributed by atoms with Crippen LogP contribution >= 0.6 is 11.3 Å². The number of aromatic nitrogens is 1. The Balaban J connectivity index is 2.22. The highest BCUT2D eigenvalue weighted by atomic mass is 32.1. The minimum Gasteiger partial charge on any atom is -0.465 e. The van der Waals surface area contributed by atoms with Gasteiger partial charge in [0, 0.05) is 4.88 Å². The quantitative estimate of drug-likeness (QED) is 0.765. The lowest BCUT2D eigenvalue weighted by Gasteiger charge is -2.06. The van der Waals surface area contributed by atoms with E-state index in [1.807, 2.05) is 6.92 Å². The summed E-state index contributed by atoms with van der Waals surface area (Å²) >= 11 is 1.48. The van der Waals surface area contributed by atoms with Crippen molar-refractivity contribution in [3.05, 3.63) is 16.1 Å². The number of hydrogen-bond acceptors (Lipinski definition) is 5. The lowest BCUT2D eigenvalue weighted by Crippen LogP contribution is -2.38. The Morgan fingerprint density at radius 2 is 2.24 bits per heavy atom. The third-order valence-electron chi connectivity index (χ3n) is 1.95. The zero-order chi connectivity index (χ0) is 12.7. The number of hydrogen-bond donors (Lipinski definition) is 2. The van der Waals surface area contributed by atoms with Crippen LogP contribution in [0.15, 0.2) is 5.51 Å². The van der Waals surface area contributed by atoms with Crippen LogP contribution in [0, 0.1) is 6.92 Å². The number of thiazole rings is 1. The van der Waals surface area contributed by atoms with E-state index in [0.29, 0.717) is 13.2 Å². The molecule has 6 nitrogen and oxygen atoms in total. The van der Waals surface area contributed by atoms with E-state index in [0.717, 1.165) is 10.6 Å². The number of nitrogens with one attached hydrogen (secondary N) is 2. The van der Waals surface area contributed by atoms with Crippen molar-refractivity contribution in [1.82, 2.24) is 15.6 Å². The number of urea groups is 1. The van der Waals surface area contributed by atoms with Gasteiger partial charge >= 0.3 is 12.0 Å².